The van der Waals surface area contributed by atoms with E-state index in [0.717, 1.165) is 19.0 Å². The number of rotatable bonds is 6. The van der Waals surface area contributed by atoms with Crippen molar-refractivity contribution < 1.29 is 0 Å². The highest BCUT2D eigenvalue weighted by molar-refractivity contribution is 5.85. The van der Waals surface area contributed by atoms with Crippen molar-refractivity contribution in [3.63, 3.8) is 0 Å². The molecule has 158 valence electrons. The summed E-state index contributed by atoms with van der Waals surface area (Å²) < 4.78 is 0. The normalized spacial score (nSPS) is 18.5. The lowest BCUT2D eigenvalue weighted by Crippen LogP contribution is -2.45. The Morgan fingerprint density at radius 1 is 0.759 bits per heavy atom. The van der Waals surface area contributed by atoms with Crippen molar-refractivity contribution in [1.29, 1.82) is 0 Å². The molecule has 0 spiro atoms. The fourth-order valence-corrected chi connectivity index (χ4v) is 4.44. The van der Waals surface area contributed by atoms with E-state index in [1.165, 1.54) is 63.0 Å². The van der Waals surface area contributed by atoms with Gasteiger partial charge in [0, 0.05) is 39.3 Å². The molecule has 2 fully saturated rings. The van der Waals surface area contributed by atoms with Crippen molar-refractivity contribution in [2.45, 2.75) is 38.1 Å². The molecule has 0 amide bonds. The molecule has 2 aromatic rings. The van der Waals surface area contributed by atoms with Gasteiger partial charge >= 0.3 is 0 Å². The van der Waals surface area contributed by atoms with Gasteiger partial charge in [0.05, 0.1) is 0 Å². The largest absolute Gasteiger partial charge is 0.297 e. The first-order valence-corrected chi connectivity index (χ1v) is 10.6. The lowest BCUT2D eigenvalue weighted by atomic mass is 9.96. The fourth-order valence-electron chi connectivity index (χ4n) is 4.44. The zero-order valence-corrected chi connectivity index (χ0v) is 18.8. The quantitative estimate of drug-likeness (QED) is 0.550. The van der Waals surface area contributed by atoms with Crippen LogP contribution < -0.4 is 0 Å². The Balaban J connectivity index is 0.00000150. The standard InChI is InChI=1S/C25H32N2.2ClH/c1-2-7-22(8-3-1)9-6-16-26-17-19-27(20-18-26)21-23-12-14-25(15-13-23)24-10-4-5-11-24;;/h1-3,6-9,12-15,24H,4-5,10-11,16-21H2;2*1H/b9-6+;;. The van der Waals surface area contributed by atoms with Crippen LogP contribution >= 0.6 is 24.8 Å². The van der Waals surface area contributed by atoms with Gasteiger partial charge in [-0.1, -0.05) is 79.6 Å². The van der Waals surface area contributed by atoms with Crippen LogP contribution in [-0.4, -0.2) is 42.5 Å². The minimum Gasteiger partial charge on any atom is -0.297 e. The summed E-state index contributed by atoms with van der Waals surface area (Å²) in [6.45, 7) is 6.82. The average molecular weight is 433 g/mol. The highest BCUT2D eigenvalue weighted by Crippen LogP contribution is 2.34. The molecule has 4 rings (SSSR count). The molecule has 0 bridgehead atoms. The lowest BCUT2D eigenvalue weighted by Gasteiger charge is -2.34. The molecule has 0 unspecified atom stereocenters. The molecule has 2 aromatic carbocycles. The van der Waals surface area contributed by atoms with E-state index in [0.29, 0.717) is 0 Å². The van der Waals surface area contributed by atoms with Crippen LogP contribution in [-0.2, 0) is 6.54 Å². The topological polar surface area (TPSA) is 6.48 Å². The zero-order chi connectivity index (χ0) is 18.3. The average Bonchev–Trinajstić information content (AvgIpc) is 3.26. The predicted molar refractivity (Wildman–Crippen MR) is 129 cm³/mol. The summed E-state index contributed by atoms with van der Waals surface area (Å²) in [7, 11) is 0. The third-order valence-electron chi connectivity index (χ3n) is 6.15. The summed E-state index contributed by atoms with van der Waals surface area (Å²) in [5.41, 5.74) is 4.32. The van der Waals surface area contributed by atoms with Gasteiger partial charge in [-0.2, -0.15) is 0 Å². The first kappa shape index (κ1) is 24.0. The first-order chi connectivity index (χ1) is 13.4. The van der Waals surface area contributed by atoms with Gasteiger partial charge in [-0.25, -0.2) is 0 Å². The second-order valence-corrected chi connectivity index (χ2v) is 8.11. The van der Waals surface area contributed by atoms with Gasteiger partial charge in [0.1, 0.15) is 0 Å². The number of hydrogen-bond acceptors (Lipinski definition) is 2. The maximum Gasteiger partial charge on any atom is 0.0234 e. The Morgan fingerprint density at radius 3 is 2.03 bits per heavy atom. The van der Waals surface area contributed by atoms with E-state index in [1.807, 2.05) is 0 Å². The summed E-state index contributed by atoms with van der Waals surface area (Å²) in [6, 6.07) is 20.1. The van der Waals surface area contributed by atoms with Gasteiger partial charge in [0.15, 0.2) is 0 Å². The SMILES string of the molecule is C(=C\c1ccccc1)/CN1CCN(Cc2ccc(C3CCCC3)cc2)CC1.Cl.Cl. The van der Waals surface area contributed by atoms with E-state index < -0.39 is 0 Å². The molecule has 4 heteroatoms. The second kappa shape index (κ2) is 12.4. The van der Waals surface area contributed by atoms with Gasteiger partial charge in [0.25, 0.3) is 0 Å². The summed E-state index contributed by atoms with van der Waals surface area (Å²) >= 11 is 0. The third-order valence-corrected chi connectivity index (χ3v) is 6.15. The van der Waals surface area contributed by atoms with Crippen LogP contribution in [0, 0.1) is 0 Å². The second-order valence-electron chi connectivity index (χ2n) is 8.11. The van der Waals surface area contributed by atoms with Crippen LogP contribution in [0.15, 0.2) is 60.7 Å². The van der Waals surface area contributed by atoms with E-state index >= 15 is 0 Å². The third kappa shape index (κ3) is 7.15. The monoisotopic (exact) mass is 432 g/mol. The van der Waals surface area contributed by atoms with Crippen molar-refractivity contribution in [2.75, 3.05) is 32.7 Å². The molecule has 0 aromatic heterocycles. The number of piperazine rings is 1. The van der Waals surface area contributed by atoms with Gasteiger partial charge < -0.3 is 0 Å². The highest BCUT2D eigenvalue weighted by Gasteiger charge is 2.18. The summed E-state index contributed by atoms with van der Waals surface area (Å²) in [4.78, 5) is 5.15. The van der Waals surface area contributed by atoms with Crippen molar-refractivity contribution in [1.82, 2.24) is 9.80 Å². The van der Waals surface area contributed by atoms with Gasteiger partial charge in [-0.05, 0) is 35.4 Å². The van der Waals surface area contributed by atoms with E-state index in [1.54, 1.807) is 5.56 Å². The van der Waals surface area contributed by atoms with E-state index in [-0.39, 0.29) is 24.8 Å². The number of benzene rings is 2. The van der Waals surface area contributed by atoms with Crippen molar-refractivity contribution >= 4 is 30.9 Å². The molecule has 2 nitrogen and oxygen atoms in total. The minimum atomic E-state index is 0. The van der Waals surface area contributed by atoms with Crippen LogP contribution in [0.5, 0.6) is 0 Å². The molecule has 0 radical (unpaired) electrons. The number of nitrogens with zero attached hydrogens (tertiary/aromatic N) is 2. The van der Waals surface area contributed by atoms with Crippen LogP contribution in [0.25, 0.3) is 6.08 Å². The maximum atomic E-state index is 2.60. The van der Waals surface area contributed by atoms with E-state index in [4.69, 9.17) is 0 Å². The number of hydrogen-bond donors (Lipinski definition) is 0. The summed E-state index contributed by atoms with van der Waals surface area (Å²) in [5.74, 6) is 0.825. The van der Waals surface area contributed by atoms with E-state index in [9.17, 15) is 0 Å². The Hall–Kier alpha value is -1.32. The summed E-state index contributed by atoms with van der Waals surface area (Å²) in [6.07, 6.45) is 10.1. The molecule has 2 aliphatic rings. The molecule has 1 aliphatic carbocycles. The molecule has 0 atom stereocenters. The first-order valence-electron chi connectivity index (χ1n) is 10.6. The fraction of sp³-hybridized carbons (Fsp3) is 0.440. The van der Waals surface area contributed by atoms with Crippen molar-refractivity contribution in [2.24, 2.45) is 0 Å². The molecule has 1 aliphatic heterocycles. The maximum absolute atomic E-state index is 2.60. The van der Waals surface area contributed by atoms with Crippen LogP contribution in [0.4, 0.5) is 0 Å². The van der Waals surface area contributed by atoms with E-state index in [2.05, 4.69) is 76.5 Å². The smallest absolute Gasteiger partial charge is 0.0234 e. The molecule has 29 heavy (non-hydrogen) atoms. The molecule has 1 heterocycles. The Kier molecular flexibility index (Phi) is 10.2. The van der Waals surface area contributed by atoms with Crippen molar-refractivity contribution in [3.8, 4) is 0 Å². The number of halogens is 2. The molecular formula is C25H34Cl2N2. The van der Waals surface area contributed by atoms with Gasteiger partial charge in [-0.3, -0.25) is 9.80 Å². The predicted octanol–water partition coefficient (Wildman–Crippen LogP) is 6.02. The van der Waals surface area contributed by atoms with Crippen LogP contribution in [0.1, 0.15) is 48.3 Å². The zero-order valence-electron chi connectivity index (χ0n) is 17.2. The van der Waals surface area contributed by atoms with Gasteiger partial charge in [0.2, 0.25) is 0 Å². The molecule has 1 saturated carbocycles. The summed E-state index contributed by atoms with van der Waals surface area (Å²) in [5, 5.41) is 0. The lowest BCUT2D eigenvalue weighted by molar-refractivity contribution is 0.137. The molecular weight excluding hydrogens is 399 g/mol. The van der Waals surface area contributed by atoms with Crippen LogP contribution in [0.2, 0.25) is 0 Å². The van der Waals surface area contributed by atoms with Crippen LogP contribution in [0.3, 0.4) is 0 Å². The molecule has 0 N–H and O–H groups in total. The Morgan fingerprint density at radius 2 is 1.38 bits per heavy atom. The Labute approximate surface area is 188 Å². The van der Waals surface area contributed by atoms with Crippen molar-refractivity contribution in [3.05, 3.63) is 77.4 Å². The van der Waals surface area contributed by atoms with Gasteiger partial charge in [-0.15, -0.1) is 24.8 Å². The molecule has 1 saturated heterocycles. The highest BCUT2D eigenvalue weighted by atomic mass is 35.5. The minimum absolute atomic E-state index is 0. The Bertz CT molecular complexity index is 716.